The molecule has 104 valence electrons. The number of carbonyl (C=O) groups excluding carboxylic acids is 1. The average Bonchev–Trinajstić information content (AvgIpc) is 2.50. The maximum atomic E-state index is 11.5. The molecular formula is C12H16N2O4S. The molecule has 1 aliphatic rings. The number of anilines is 1. The number of rotatable bonds is 3. The molecule has 6 nitrogen and oxygen atoms in total. The molecule has 0 aliphatic carbocycles. The third-order valence-electron chi connectivity index (χ3n) is 2.59. The van der Waals surface area contributed by atoms with Crippen LogP contribution in [-0.2, 0) is 21.2 Å². The van der Waals surface area contributed by atoms with Crippen LogP contribution in [0.2, 0.25) is 0 Å². The van der Waals surface area contributed by atoms with Crippen LogP contribution in [0.1, 0.15) is 5.56 Å². The summed E-state index contributed by atoms with van der Waals surface area (Å²) in [6, 6.07) is 5.26. The van der Waals surface area contributed by atoms with Gasteiger partial charge in [0.05, 0.1) is 0 Å². The number of benzene rings is 1. The standard InChI is InChI=1S/C12H16N2O4S/c1-19(16,17)8-12(15)14-10-2-3-11-9(6-10)7-13-4-5-18-11/h2-3,6,13H,4-5,7-8H2,1H3,(H,14,15). The van der Waals surface area contributed by atoms with Crippen LogP contribution in [0.4, 0.5) is 5.69 Å². The Hall–Kier alpha value is -1.60. The zero-order valence-electron chi connectivity index (χ0n) is 10.6. The van der Waals surface area contributed by atoms with E-state index >= 15 is 0 Å². The molecule has 2 N–H and O–H groups in total. The summed E-state index contributed by atoms with van der Waals surface area (Å²) in [4.78, 5) is 11.5. The van der Waals surface area contributed by atoms with E-state index in [4.69, 9.17) is 4.74 Å². The zero-order valence-corrected chi connectivity index (χ0v) is 11.4. The second kappa shape index (κ2) is 5.58. The lowest BCUT2D eigenvalue weighted by Crippen LogP contribution is -2.22. The van der Waals surface area contributed by atoms with E-state index in [9.17, 15) is 13.2 Å². The van der Waals surface area contributed by atoms with Crippen molar-refractivity contribution in [1.29, 1.82) is 0 Å². The molecule has 1 aliphatic heterocycles. The highest BCUT2D eigenvalue weighted by molar-refractivity contribution is 7.91. The van der Waals surface area contributed by atoms with E-state index in [-0.39, 0.29) is 0 Å². The quantitative estimate of drug-likeness (QED) is 0.825. The number of ether oxygens (including phenoxy) is 1. The van der Waals surface area contributed by atoms with Crippen LogP contribution in [0, 0.1) is 0 Å². The third kappa shape index (κ3) is 4.22. The van der Waals surface area contributed by atoms with Crippen LogP contribution in [0.25, 0.3) is 0 Å². The molecule has 0 atom stereocenters. The van der Waals surface area contributed by atoms with E-state index in [2.05, 4.69) is 10.6 Å². The lowest BCUT2D eigenvalue weighted by Gasteiger charge is -2.10. The van der Waals surface area contributed by atoms with Crippen molar-refractivity contribution >= 4 is 21.4 Å². The molecule has 1 heterocycles. The highest BCUT2D eigenvalue weighted by Gasteiger charge is 2.13. The summed E-state index contributed by atoms with van der Waals surface area (Å²) in [5, 5.41) is 5.76. The number of fused-ring (bicyclic) bond motifs is 1. The van der Waals surface area contributed by atoms with E-state index in [0.29, 0.717) is 18.8 Å². The molecule has 0 saturated heterocycles. The van der Waals surface area contributed by atoms with E-state index in [1.165, 1.54) is 0 Å². The van der Waals surface area contributed by atoms with Crippen LogP contribution in [0.15, 0.2) is 18.2 Å². The Morgan fingerprint density at radius 2 is 2.26 bits per heavy atom. The Labute approximate surface area is 112 Å². The molecule has 1 aromatic rings. The normalized spacial score (nSPS) is 15.0. The van der Waals surface area contributed by atoms with Crippen LogP contribution in [0.5, 0.6) is 5.75 Å². The van der Waals surface area contributed by atoms with Crippen LogP contribution in [-0.4, -0.2) is 39.5 Å². The molecule has 19 heavy (non-hydrogen) atoms. The largest absolute Gasteiger partial charge is 0.492 e. The second-order valence-electron chi connectivity index (χ2n) is 4.47. The Bertz CT molecular complexity index is 583. The molecule has 0 aromatic heterocycles. The van der Waals surface area contributed by atoms with Gasteiger partial charge in [0.25, 0.3) is 0 Å². The van der Waals surface area contributed by atoms with Crippen molar-refractivity contribution in [3.05, 3.63) is 23.8 Å². The molecule has 0 spiro atoms. The first kappa shape index (κ1) is 13.8. The zero-order chi connectivity index (χ0) is 13.9. The van der Waals surface area contributed by atoms with Crippen LogP contribution >= 0.6 is 0 Å². The smallest absolute Gasteiger partial charge is 0.239 e. The molecule has 0 bridgehead atoms. The van der Waals surface area contributed by atoms with E-state index < -0.39 is 21.5 Å². The summed E-state index contributed by atoms with van der Waals surface area (Å²) in [6.45, 7) is 2.03. The van der Waals surface area contributed by atoms with Crippen molar-refractivity contribution in [2.24, 2.45) is 0 Å². The van der Waals surface area contributed by atoms with Crippen molar-refractivity contribution in [3.63, 3.8) is 0 Å². The monoisotopic (exact) mass is 284 g/mol. The average molecular weight is 284 g/mol. The van der Waals surface area contributed by atoms with E-state index in [0.717, 1.165) is 24.1 Å². The van der Waals surface area contributed by atoms with Crippen molar-refractivity contribution in [2.75, 3.05) is 30.5 Å². The fourth-order valence-corrected chi connectivity index (χ4v) is 2.38. The van der Waals surface area contributed by atoms with E-state index in [1.807, 2.05) is 0 Å². The van der Waals surface area contributed by atoms with Gasteiger partial charge in [0.1, 0.15) is 18.1 Å². The van der Waals surface area contributed by atoms with Gasteiger partial charge in [-0.2, -0.15) is 0 Å². The highest BCUT2D eigenvalue weighted by atomic mass is 32.2. The summed E-state index contributed by atoms with van der Waals surface area (Å²) < 4.78 is 27.6. The van der Waals surface area contributed by atoms with Gasteiger partial charge in [0, 0.05) is 30.6 Å². The van der Waals surface area contributed by atoms with Gasteiger partial charge >= 0.3 is 0 Å². The summed E-state index contributed by atoms with van der Waals surface area (Å²) in [7, 11) is -3.32. The van der Waals surface area contributed by atoms with Crippen molar-refractivity contribution < 1.29 is 17.9 Å². The minimum Gasteiger partial charge on any atom is -0.492 e. The number of amides is 1. The SMILES string of the molecule is CS(=O)(=O)CC(=O)Nc1ccc2c(c1)CNCCO2. The van der Waals surface area contributed by atoms with Gasteiger partial charge in [-0.3, -0.25) is 4.79 Å². The summed E-state index contributed by atoms with van der Waals surface area (Å²) >= 11 is 0. The van der Waals surface area contributed by atoms with Gasteiger partial charge in [-0.25, -0.2) is 8.42 Å². The van der Waals surface area contributed by atoms with Crippen LogP contribution < -0.4 is 15.4 Å². The number of sulfone groups is 1. The summed E-state index contributed by atoms with van der Waals surface area (Å²) in [5.74, 6) is -0.269. The van der Waals surface area contributed by atoms with Gasteiger partial charge in [-0.05, 0) is 18.2 Å². The highest BCUT2D eigenvalue weighted by Crippen LogP contribution is 2.24. The Morgan fingerprint density at radius 3 is 3.00 bits per heavy atom. The molecule has 1 amide bonds. The molecule has 0 fully saturated rings. The first-order valence-electron chi connectivity index (χ1n) is 5.88. The minimum atomic E-state index is -3.32. The fourth-order valence-electron chi connectivity index (χ4n) is 1.83. The number of hydrogen-bond donors (Lipinski definition) is 2. The molecule has 0 unspecified atom stereocenters. The topological polar surface area (TPSA) is 84.5 Å². The third-order valence-corrected chi connectivity index (χ3v) is 3.38. The van der Waals surface area contributed by atoms with Crippen molar-refractivity contribution in [3.8, 4) is 5.75 Å². The second-order valence-corrected chi connectivity index (χ2v) is 6.61. The Balaban J connectivity index is 2.09. The maximum Gasteiger partial charge on any atom is 0.239 e. The molecule has 0 radical (unpaired) electrons. The Morgan fingerprint density at radius 1 is 1.47 bits per heavy atom. The summed E-state index contributed by atoms with van der Waals surface area (Å²) in [5.41, 5.74) is 1.51. The Kier molecular flexibility index (Phi) is 4.06. The lowest BCUT2D eigenvalue weighted by atomic mass is 10.1. The maximum absolute atomic E-state index is 11.5. The first-order chi connectivity index (χ1) is 8.94. The van der Waals surface area contributed by atoms with Gasteiger partial charge in [-0.1, -0.05) is 0 Å². The fraction of sp³-hybridized carbons (Fsp3) is 0.417. The molecule has 0 saturated carbocycles. The molecular weight excluding hydrogens is 268 g/mol. The van der Waals surface area contributed by atoms with E-state index in [1.54, 1.807) is 18.2 Å². The van der Waals surface area contributed by atoms with Crippen molar-refractivity contribution in [2.45, 2.75) is 6.54 Å². The van der Waals surface area contributed by atoms with Gasteiger partial charge in [0.15, 0.2) is 9.84 Å². The molecule has 7 heteroatoms. The van der Waals surface area contributed by atoms with Gasteiger partial charge < -0.3 is 15.4 Å². The minimum absolute atomic E-state index is 0.515. The molecule has 1 aromatic carbocycles. The predicted octanol–water partition coefficient (Wildman–Crippen LogP) is 0.152. The lowest BCUT2D eigenvalue weighted by molar-refractivity contribution is -0.113. The van der Waals surface area contributed by atoms with Crippen LogP contribution in [0.3, 0.4) is 0 Å². The van der Waals surface area contributed by atoms with Gasteiger partial charge in [0.2, 0.25) is 5.91 Å². The number of nitrogens with one attached hydrogen (secondary N) is 2. The molecule has 2 rings (SSSR count). The number of carbonyl (C=O) groups is 1. The predicted molar refractivity (Wildman–Crippen MR) is 72.0 cm³/mol. The van der Waals surface area contributed by atoms with Crippen molar-refractivity contribution in [1.82, 2.24) is 5.32 Å². The number of hydrogen-bond acceptors (Lipinski definition) is 5. The summed E-state index contributed by atoms with van der Waals surface area (Å²) in [6.07, 6.45) is 1.03. The first-order valence-corrected chi connectivity index (χ1v) is 7.94. The van der Waals surface area contributed by atoms with Gasteiger partial charge in [-0.15, -0.1) is 0 Å².